The second kappa shape index (κ2) is 5.93. The van der Waals surface area contributed by atoms with Crippen molar-refractivity contribution in [2.24, 2.45) is 11.7 Å². The maximum Gasteiger partial charge on any atom is 0.227 e. The first-order chi connectivity index (χ1) is 9.17. The van der Waals surface area contributed by atoms with Crippen LogP contribution in [0.25, 0.3) is 0 Å². The third-order valence-electron chi connectivity index (χ3n) is 3.45. The smallest absolute Gasteiger partial charge is 0.227 e. The first-order valence-corrected chi connectivity index (χ1v) is 6.36. The standard InChI is InChI=1S/C14H20N2O3/c1-18-12-4-3-10(5-13(12)19-2)6-14(17)16-8-11(7-15)9-16/h3-5,11H,6-9,15H2,1-2H3. The normalized spacial score (nSPS) is 15.0. The van der Waals surface area contributed by atoms with Gasteiger partial charge in [-0.15, -0.1) is 0 Å². The number of carbonyl (C=O) groups is 1. The van der Waals surface area contributed by atoms with E-state index in [1.165, 1.54) is 0 Å². The van der Waals surface area contributed by atoms with E-state index in [1.807, 2.05) is 23.1 Å². The SMILES string of the molecule is COc1ccc(CC(=O)N2CC(CN)C2)cc1OC. The van der Waals surface area contributed by atoms with E-state index in [4.69, 9.17) is 15.2 Å². The van der Waals surface area contributed by atoms with Gasteiger partial charge in [0, 0.05) is 19.0 Å². The van der Waals surface area contributed by atoms with Crippen LogP contribution >= 0.6 is 0 Å². The Kier molecular flexibility index (Phi) is 4.27. The van der Waals surface area contributed by atoms with Gasteiger partial charge in [0.25, 0.3) is 0 Å². The van der Waals surface area contributed by atoms with E-state index < -0.39 is 0 Å². The highest BCUT2D eigenvalue weighted by Crippen LogP contribution is 2.28. The zero-order chi connectivity index (χ0) is 13.8. The van der Waals surface area contributed by atoms with E-state index in [0.29, 0.717) is 30.4 Å². The van der Waals surface area contributed by atoms with E-state index in [9.17, 15) is 4.79 Å². The minimum atomic E-state index is 0.136. The Hall–Kier alpha value is -1.75. The van der Waals surface area contributed by atoms with E-state index in [1.54, 1.807) is 14.2 Å². The minimum Gasteiger partial charge on any atom is -0.493 e. The highest BCUT2D eigenvalue weighted by Gasteiger charge is 2.29. The molecule has 2 rings (SSSR count). The van der Waals surface area contributed by atoms with Crippen LogP contribution in [0.15, 0.2) is 18.2 Å². The van der Waals surface area contributed by atoms with Gasteiger partial charge in [0.05, 0.1) is 20.6 Å². The average molecular weight is 264 g/mol. The maximum atomic E-state index is 12.0. The van der Waals surface area contributed by atoms with Crippen LogP contribution in [0.2, 0.25) is 0 Å². The predicted molar refractivity (Wildman–Crippen MR) is 72.4 cm³/mol. The van der Waals surface area contributed by atoms with Crippen molar-refractivity contribution in [3.05, 3.63) is 23.8 Å². The molecule has 19 heavy (non-hydrogen) atoms. The summed E-state index contributed by atoms with van der Waals surface area (Å²) in [4.78, 5) is 13.9. The van der Waals surface area contributed by atoms with Crippen LogP contribution in [0.5, 0.6) is 11.5 Å². The molecule has 0 radical (unpaired) electrons. The number of nitrogens with zero attached hydrogens (tertiary/aromatic N) is 1. The molecule has 0 saturated carbocycles. The fraction of sp³-hybridized carbons (Fsp3) is 0.500. The van der Waals surface area contributed by atoms with Crippen LogP contribution in [-0.2, 0) is 11.2 Å². The lowest BCUT2D eigenvalue weighted by Gasteiger charge is -2.38. The highest BCUT2D eigenvalue weighted by molar-refractivity contribution is 5.79. The van der Waals surface area contributed by atoms with Gasteiger partial charge in [0.15, 0.2) is 11.5 Å². The van der Waals surface area contributed by atoms with Gasteiger partial charge in [-0.3, -0.25) is 4.79 Å². The monoisotopic (exact) mass is 264 g/mol. The van der Waals surface area contributed by atoms with Gasteiger partial charge in [-0.1, -0.05) is 6.07 Å². The summed E-state index contributed by atoms with van der Waals surface area (Å²) in [6, 6.07) is 5.55. The van der Waals surface area contributed by atoms with Crippen molar-refractivity contribution < 1.29 is 14.3 Å². The number of benzene rings is 1. The molecule has 1 fully saturated rings. The highest BCUT2D eigenvalue weighted by atomic mass is 16.5. The first-order valence-electron chi connectivity index (χ1n) is 6.36. The lowest BCUT2D eigenvalue weighted by Crippen LogP contribution is -2.53. The van der Waals surface area contributed by atoms with Crippen molar-refractivity contribution in [1.82, 2.24) is 4.90 Å². The van der Waals surface area contributed by atoms with Crippen LogP contribution in [0, 0.1) is 5.92 Å². The lowest BCUT2D eigenvalue weighted by atomic mass is 9.99. The molecule has 1 aromatic carbocycles. The summed E-state index contributed by atoms with van der Waals surface area (Å²) in [5.41, 5.74) is 6.48. The molecule has 5 heteroatoms. The molecule has 1 amide bonds. The molecule has 0 bridgehead atoms. The largest absolute Gasteiger partial charge is 0.493 e. The fourth-order valence-electron chi connectivity index (χ4n) is 2.20. The third kappa shape index (κ3) is 2.98. The summed E-state index contributed by atoms with van der Waals surface area (Å²) in [6.07, 6.45) is 0.387. The maximum absolute atomic E-state index is 12.0. The van der Waals surface area contributed by atoms with Crippen LogP contribution in [0.1, 0.15) is 5.56 Å². The molecule has 5 nitrogen and oxygen atoms in total. The number of carbonyl (C=O) groups excluding carboxylic acids is 1. The zero-order valence-corrected chi connectivity index (χ0v) is 11.4. The van der Waals surface area contributed by atoms with Gasteiger partial charge < -0.3 is 20.1 Å². The molecule has 0 aromatic heterocycles. The van der Waals surface area contributed by atoms with Gasteiger partial charge in [-0.05, 0) is 24.2 Å². The van der Waals surface area contributed by atoms with Crippen LogP contribution in [0.3, 0.4) is 0 Å². The molecule has 0 atom stereocenters. The molecule has 1 aliphatic rings. The molecule has 1 heterocycles. The van der Waals surface area contributed by atoms with Crippen molar-refractivity contribution in [3.63, 3.8) is 0 Å². The Morgan fingerprint density at radius 2 is 2.00 bits per heavy atom. The number of rotatable bonds is 5. The number of hydrogen-bond acceptors (Lipinski definition) is 4. The van der Waals surface area contributed by atoms with E-state index >= 15 is 0 Å². The predicted octanol–water partition coefficient (Wildman–Crippen LogP) is 0.663. The molecule has 0 spiro atoms. The van der Waals surface area contributed by atoms with Gasteiger partial charge in [0.2, 0.25) is 5.91 Å². The van der Waals surface area contributed by atoms with Crippen molar-refractivity contribution in [3.8, 4) is 11.5 Å². The molecular weight excluding hydrogens is 244 g/mol. The lowest BCUT2D eigenvalue weighted by molar-refractivity contribution is -0.136. The van der Waals surface area contributed by atoms with Crippen LogP contribution in [0.4, 0.5) is 0 Å². The third-order valence-corrected chi connectivity index (χ3v) is 3.45. The van der Waals surface area contributed by atoms with E-state index in [0.717, 1.165) is 18.7 Å². The Balaban J connectivity index is 1.97. The van der Waals surface area contributed by atoms with Gasteiger partial charge in [-0.2, -0.15) is 0 Å². The topological polar surface area (TPSA) is 64.8 Å². The Bertz CT molecular complexity index is 456. The molecule has 0 aliphatic carbocycles. The molecule has 1 aromatic rings. The summed E-state index contributed by atoms with van der Waals surface area (Å²) in [5, 5.41) is 0. The molecular formula is C14H20N2O3. The number of nitrogens with two attached hydrogens (primary N) is 1. The summed E-state index contributed by atoms with van der Waals surface area (Å²) < 4.78 is 10.4. The zero-order valence-electron chi connectivity index (χ0n) is 11.4. The summed E-state index contributed by atoms with van der Waals surface area (Å²) in [7, 11) is 3.18. The number of methoxy groups -OCH3 is 2. The van der Waals surface area contributed by atoms with E-state index in [-0.39, 0.29) is 5.91 Å². The summed E-state index contributed by atoms with van der Waals surface area (Å²) >= 11 is 0. The van der Waals surface area contributed by atoms with E-state index in [2.05, 4.69) is 0 Å². The number of hydrogen-bond donors (Lipinski definition) is 1. The van der Waals surface area contributed by atoms with Crippen LogP contribution < -0.4 is 15.2 Å². The molecule has 2 N–H and O–H groups in total. The summed E-state index contributed by atoms with van der Waals surface area (Å²) in [6.45, 7) is 2.21. The molecule has 1 aliphatic heterocycles. The van der Waals surface area contributed by atoms with Crippen molar-refractivity contribution in [1.29, 1.82) is 0 Å². The molecule has 0 unspecified atom stereocenters. The minimum absolute atomic E-state index is 0.136. The van der Waals surface area contributed by atoms with Gasteiger partial charge in [-0.25, -0.2) is 0 Å². The summed E-state index contributed by atoms with van der Waals surface area (Å²) in [5.74, 6) is 1.92. The Morgan fingerprint density at radius 1 is 1.32 bits per heavy atom. The second-order valence-electron chi connectivity index (χ2n) is 4.77. The number of likely N-dealkylation sites (tertiary alicyclic amines) is 1. The van der Waals surface area contributed by atoms with Gasteiger partial charge in [0.1, 0.15) is 0 Å². The number of ether oxygens (including phenoxy) is 2. The quantitative estimate of drug-likeness (QED) is 0.848. The Labute approximate surface area is 113 Å². The van der Waals surface area contributed by atoms with Gasteiger partial charge >= 0.3 is 0 Å². The van der Waals surface area contributed by atoms with Crippen molar-refractivity contribution in [2.75, 3.05) is 33.9 Å². The first kappa shape index (κ1) is 13.7. The molecule has 1 saturated heterocycles. The fourth-order valence-corrected chi connectivity index (χ4v) is 2.20. The van der Waals surface area contributed by atoms with Crippen molar-refractivity contribution >= 4 is 5.91 Å². The Morgan fingerprint density at radius 3 is 2.58 bits per heavy atom. The van der Waals surface area contributed by atoms with Crippen molar-refractivity contribution in [2.45, 2.75) is 6.42 Å². The molecule has 104 valence electrons. The average Bonchev–Trinajstić information content (AvgIpc) is 2.37. The number of amides is 1. The second-order valence-corrected chi connectivity index (χ2v) is 4.77. The van der Waals surface area contributed by atoms with Crippen LogP contribution in [-0.4, -0.2) is 44.7 Å².